The van der Waals surface area contributed by atoms with Gasteiger partial charge in [0.25, 0.3) is 5.91 Å². The molecule has 0 atom stereocenters. The topological polar surface area (TPSA) is 84.3 Å². The quantitative estimate of drug-likeness (QED) is 0.841. The largest absolute Gasteiger partial charge is 0.335 e. The number of anilines is 1. The second-order valence-electron chi connectivity index (χ2n) is 4.74. The van der Waals surface area contributed by atoms with Gasteiger partial charge in [0.05, 0.1) is 11.9 Å². The number of aromatic nitrogens is 2. The molecule has 0 unspecified atom stereocenters. The van der Waals surface area contributed by atoms with E-state index in [9.17, 15) is 14.4 Å². The van der Waals surface area contributed by atoms with Crippen LogP contribution in [0.4, 0.5) is 10.5 Å². The molecule has 0 aromatic carbocycles. The highest BCUT2D eigenvalue weighted by molar-refractivity contribution is 6.29. The maximum Gasteiger partial charge on any atom is 0.335 e. The molecule has 1 aliphatic heterocycles. The molecule has 108 valence electrons. The fraction of sp³-hybridized carbons (Fsp3) is 0.538. The van der Waals surface area contributed by atoms with Crippen LogP contribution < -0.4 is 10.2 Å². The molecule has 0 saturated carbocycles. The summed E-state index contributed by atoms with van der Waals surface area (Å²) in [6.07, 6.45) is 3.76. The number of imide groups is 2. The Hall–Kier alpha value is -2.18. The molecule has 0 spiro atoms. The van der Waals surface area contributed by atoms with Crippen molar-refractivity contribution in [2.24, 2.45) is 5.41 Å². The third kappa shape index (κ3) is 1.90. The van der Waals surface area contributed by atoms with E-state index in [1.165, 1.54) is 6.20 Å². The SMILES string of the molecule is CCn1cc(N2C(=O)NC(=O)C(CC)(CC)C2=O)cn1. The molecule has 7 heteroatoms. The van der Waals surface area contributed by atoms with Crippen LogP contribution in [0.2, 0.25) is 0 Å². The first-order valence-corrected chi connectivity index (χ1v) is 6.72. The minimum atomic E-state index is -1.18. The molecule has 0 bridgehead atoms. The average molecular weight is 278 g/mol. The van der Waals surface area contributed by atoms with E-state index in [1.807, 2.05) is 6.92 Å². The summed E-state index contributed by atoms with van der Waals surface area (Å²) in [5, 5.41) is 6.32. The predicted octanol–water partition coefficient (Wildman–Crippen LogP) is 1.29. The van der Waals surface area contributed by atoms with E-state index in [0.29, 0.717) is 25.1 Å². The fourth-order valence-electron chi connectivity index (χ4n) is 2.43. The lowest BCUT2D eigenvalue weighted by Gasteiger charge is -2.37. The van der Waals surface area contributed by atoms with Crippen molar-refractivity contribution in [3.63, 3.8) is 0 Å². The molecule has 0 radical (unpaired) electrons. The lowest BCUT2D eigenvalue weighted by Crippen LogP contribution is -2.63. The molecule has 1 aliphatic rings. The average Bonchev–Trinajstić information content (AvgIpc) is 2.88. The highest BCUT2D eigenvalue weighted by atomic mass is 16.2. The van der Waals surface area contributed by atoms with Gasteiger partial charge in [-0.1, -0.05) is 13.8 Å². The Morgan fingerprint density at radius 3 is 2.35 bits per heavy atom. The molecule has 20 heavy (non-hydrogen) atoms. The Morgan fingerprint density at radius 2 is 1.85 bits per heavy atom. The van der Waals surface area contributed by atoms with Crippen LogP contribution in [-0.4, -0.2) is 27.6 Å². The van der Waals surface area contributed by atoms with Crippen molar-refractivity contribution in [3.05, 3.63) is 12.4 Å². The van der Waals surface area contributed by atoms with Crippen molar-refractivity contribution in [1.82, 2.24) is 15.1 Å². The summed E-state index contributed by atoms with van der Waals surface area (Å²) in [5.74, 6) is -0.997. The van der Waals surface area contributed by atoms with Gasteiger partial charge in [0.2, 0.25) is 5.91 Å². The minimum absolute atomic E-state index is 0.347. The number of barbiturate groups is 1. The summed E-state index contributed by atoms with van der Waals surface area (Å²) in [4.78, 5) is 37.6. The molecular weight excluding hydrogens is 260 g/mol. The standard InChI is InChI=1S/C13H18N4O3/c1-4-13(5-2)10(18)15-12(20)17(11(13)19)9-7-14-16(6-3)8-9/h7-8H,4-6H2,1-3H3,(H,15,18,20). The zero-order chi connectivity index (χ0) is 14.9. The highest BCUT2D eigenvalue weighted by Gasteiger charge is 2.52. The van der Waals surface area contributed by atoms with Gasteiger partial charge in [-0.05, 0) is 19.8 Å². The number of hydrogen-bond donors (Lipinski definition) is 1. The molecule has 2 rings (SSSR count). The third-order valence-corrected chi connectivity index (χ3v) is 3.88. The number of hydrogen-bond acceptors (Lipinski definition) is 4. The van der Waals surface area contributed by atoms with Gasteiger partial charge in [-0.3, -0.25) is 19.6 Å². The van der Waals surface area contributed by atoms with Crippen LogP contribution in [0.15, 0.2) is 12.4 Å². The van der Waals surface area contributed by atoms with Crippen LogP contribution in [0.5, 0.6) is 0 Å². The smallest absolute Gasteiger partial charge is 0.276 e. The molecule has 1 aromatic heterocycles. The van der Waals surface area contributed by atoms with Gasteiger partial charge in [0.1, 0.15) is 5.41 Å². The number of amides is 4. The van der Waals surface area contributed by atoms with Crippen molar-refractivity contribution in [2.45, 2.75) is 40.2 Å². The molecular formula is C13H18N4O3. The van der Waals surface area contributed by atoms with E-state index in [2.05, 4.69) is 10.4 Å². The number of carbonyl (C=O) groups excluding carboxylic acids is 3. The van der Waals surface area contributed by atoms with Gasteiger partial charge >= 0.3 is 6.03 Å². The van der Waals surface area contributed by atoms with E-state index in [0.717, 1.165) is 4.90 Å². The molecule has 1 N–H and O–H groups in total. The van der Waals surface area contributed by atoms with Gasteiger partial charge in [0.15, 0.2) is 0 Å². The van der Waals surface area contributed by atoms with Crippen LogP contribution in [0.1, 0.15) is 33.6 Å². The summed E-state index contributed by atoms with van der Waals surface area (Å²) in [6.45, 7) is 6.07. The van der Waals surface area contributed by atoms with E-state index in [4.69, 9.17) is 0 Å². The monoisotopic (exact) mass is 278 g/mol. The first-order chi connectivity index (χ1) is 9.50. The normalized spacial score (nSPS) is 18.4. The Bertz CT molecular complexity index is 560. The summed E-state index contributed by atoms with van der Waals surface area (Å²) in [6, 6.07) is -0.715. The number of carbonyl (C=O) groups is 3. The maximum atomic E-state index is 12.6. The fourth-order valence-corrected chi connectivity index (χ4v) is 2.43. The zero-order valence-electron chi connectivity index (χ0n) is 11.8. The lowest BCUT2D eigenvalue weighted by atomic mass is 9.78. The maximum absolute atomic E-state index is 12.6. The summed E-state index contributed by atoms with van der Waals surface area (Å²) in [5.41, 5.74) is -0.796. The summed E-state index contributed by atoms with van der Waals surface area (Å²) >= 11 is 0. The van der Waals surface area contributed by atoms with Gasteiger partial charge < -0.3 is 0 Å². The molecule has 1 saturated heterocycles. The zero-order valence-corrected chi connectivity index (χ0v) is 11.8. The Balaban J connectivity index is 2.44. The first-order valence-electron chi connectivity index (χ1n) is 6.72. The van der Waals surface area contributed by atoms with Crippen LogP contribution in [-0.2, 0) is 16.1 Å². The van der Waals surface area contributed by atoms with Gasteiger partial charge in [0, 0.05) is 12.7 Å². The predicted molar refractivity (Wildman–Crippen MR) is 71.9 cm³/mol. The van der Waals surface area contributed by atoms with E-state index in [-0.39, 0.29) is 0 Å². The number of rotatable bonds is 4. The van der Waals surface area contributed by atoms with Crippen molar-refractivity contribution in [2.75, 3.05) is 4.90 Å². The summed E-state index contributed by atoms with van der Waals surface area (Å²) < 4.78 is 1.62. The second kappa shape index (κ2) is 5.07. The van der Waals surface area contributed by atoms with Crippen molar-refractivity contribution in [3.8, 4) is 0 Å². The van der Waals surface area contributed by atoms with Crippen LogP contribution in [0.3, 0.4) is 0 Å². The highest BCUT2D eigenvalue weighted by Crippen LogP contribution is 2.34. The molecule has 4 amide bonds. The Morgan fingerprint density at radius 1 is 1.20 bits per heavy atom. The van der Waals surface area contributed by atoms with Crippen molar-refractivity contribution >= 4 is 23.5 Å². The molecule has 0 aliphatic carbocycles. The molecule has 2 heterocycles. The molecule has 1 fully saturated rings. The Labute approximate surface area is 116 Å². The first kappa shape index (κ1) is 14.2. The Kier molecular flexibility index (Phi) is 3.61. The number of nitrogens with one attached hydrogen (secondary N) is 1. The van der Waals surface area contributed by atoms with Gasteiger partial charge in [-0.25, -0.2) is 9.69 Å². The number of nitrogens with zero attached hydrogens (tertiary/aromatic N) is 3. The van der Waals surface area contributed by atoms with Crippen LogP contribution >= 0.6 is 0 Å². The van der Waals surface area contributed by atoms with Crippen molar-refractivity contribution in [1.29, 1.82) is 0 Å². The lowest BCUT2D eigenvalue weighted by molar-refractivity contribution is -0.143. The van der Waals surface area contributed by atoms with Crippen molar-refractivity contribution < 1.29 is 14.4 Å². The van der Waals surface area contributed by atoms with E-state index in [1.54, 1.807) is 24.7 Å². The number of urea groups is 1. The van der Waals surface area contributed by atoms with E-state index >= 15 is 0 Å². The second-order valence-corrected chi connectivity index (χ2v) is 4.74. The van der Waals surface area contributed by atoms with Crippen LogP contribution in [0.25, 0.3) is 0 Å². The van der Waals surface area contributed by atoms with Gasteiger partial charge in [-0.15, -0.1) is 0 Å². The number of aryl methyl sites for hydroxylation is 1. The summed E-state index contributed by atoms with van der Waals surface area (Å²) in [7, 11) is 0. The van der Waals surface area contributed by atoms with E-state index < -0.39 is 23.3 Å². The minimum Gasteiger partial charge on any atom is -0.276 e. The van der Waals surface area contributed by atoms with Crippen LogP contribution in [0, 0.1) is 5.41 Å². The third-order valence-electron chi connectivity index (χ3n) is 3.88. The van der Waals surface area contributed by atoms with Gasteiger partial charge in [-0.2, -0.15) is 5.10 Å². The molecule has 7 nitrogen and oxygen atoms in total. The molecule has 1 aromatic rings.